The van der Waals surface area contributed by atoms with Crippen LogP contribution < -0.4 is 4.90 Å². The zero-order chi connectivity index (χ0) is 21.1. The van der Waals surface area contributed by atoms with Gasteiger partial charge in [-0.25, -0.2) is 9.97 Å². The molecule has 0 spiro atoms. The molecule has 31 heavy (non-hydrogen) atoms. The average Bonchev–Trinajstić information content (AvgIpc) is 3.16. The minimum absolute atomic E-state index is 0.101. The van der Waals surface area contributed by atoms with Crippen LogP contribution in [0.25, 0.3) is 0 Å². The Morgan fingerprint density at radius 2 is 1.94 bits per heavy atom. The minimum Gasteiger partial charge on any atom is -0.508 e. The number of benzene rings is 1. The van der Waals surface area contributed by atoms with E-state index in [9.17, 15) is 5.11 Å². The number of hydrogen-bond donors (Lipinski definition) is 1. The van der Waals surface area contributed by atoms with Crippen molar-refractivity contribution in [3.05, 3.63) is 46.8 Å². The van der Waals surface area contributed by atoms with Gasteiger partial charge in [0, 0.05) is 41.0 Å². The van der Waals surface area contributed by atoms with Crippen molar-refractivity contribution in [3.63, 3.8) is 0 Å². The van der Waals surface area contributed by atoms with E-state index in [2.05, 4.69) is 42.8 Å². The van der Waals surface area contributed by atoms with Crippen LogP contribution >= 0.6 is 0 Å². The molecule has 0 radical (unpaired) electrons. The molecule has 5 aliphatic rings. The van der Waals surface area contributed by atoms with Gasteiger partial charge in [0.05, 0.1) is 0 Å². The molecular weight excluding hydrogens is 384 g/mol. The fraction of sp³-hybridized carbons (Fsp3) is 0.615. The molecule has 4 bridgehead atoms. The molecule has 7 rings (SSSR count). The van der Waals surface area contributed by atoms with E-state index < -0.39 is 0 Å². The van der Waals surface area contributed by atoms with Gasteiger partial charge >= 0.3 is 0 Å². The molecule has 5 heteroatoms. The number of rotatable bonds is 1. The SMILES string of the molecule is Cc1cc(C)nc(N2C[C@H]3CC45CCC2C3C42CCN(C)C5Cc3cccc(O)c32)n1. The standard InChI is InChI=1S/C26H32N4O/c1-15-11-16(2)28-24(27-15)30-14-18-13-25-8-7-19(30)22(18)26(25)9-10-29(3)21(25)12-17-5-4-6-20(31)23(17)26/h4-6,11,18-19,21-22,31H,7-10,12-14H2,1-3H3/t18-,19?,21?,22?,25?,26?/m1/s1. The normalized spacial score (nSPS) is 40.0. The van der Waals surface area contributed by atoms with Gasteiger partial charge in [-0.15, -0.1) is 0 Å². The maximum Gasteiger partial charge on any atom is 0.226 e. The molecule has 162 valence electrons. The molecule has 3 aliphatic carbocycles. The number of phenolic OH excluding ortho intramolecular Hbond substituents is 1. The molecule has 1 N–H and O–H groups in total. The number of aryl methyl sites for hydroxylation is 2. The first-order valence-corrected chi connectivity index (χ1v) is 12.1. The third-order valence-electron chi connectivity index (χ3n) is 9.97. The summed E-state index contributed by atoms with van der Waals surface area (Å²) in [6.45, 7) is 6.37. The van der Waals surface area contributed by atoms with E-state index in [4.69, 9.17) is 9.97 Å². The van der Waals surface area contributed by atoms with Gasteiger partial charge in [0.1, 0.15) is 5.75 Å². The van der Waals surface area contributed by atoms with E-state index >= 15 is 0 Å². The van der Waals surface area contributed by atoms with Crippen molar-refractivity contribution in [2.75, 3.05) is 25.0 Å². The van der Waals surface area contributed by atoms with Crippen molar-refractivity contribution >= 4 is 5.95 Å². The molecule has 2 saturated carbocycles. The number of anilines is 1. The van der Waals surface area contributed by atoms with Crippen molar-refractivity contribution in [2.45, 2.75) is 63.5 Å². The van der Waals surface area contributed by atoms with E-state index in [0.29, 0.717) is 35.1 Å². The smallest absolute Gasteiger partial charge is 0.226 e. The second-order valence-corrected chi connectivity index (χ2v) is 11.1. The summed E-state index contributed by atoms with van der Waals surface area (Å²) in [4.78, 5) is 14.9. The summed E-state index contributed by atoms with van der Waals surface area (Å²) >= 11 is 0. The molecule has 2 saturated heterocycles. The molecular formula is C26H32N4O. The number of hydrogen-bond acceptors (Lipinski definition) is 5. The lowest BCUT2D eigenvalue weighted by Crippen LogP contribution is -2.69. The topological polar surface area (TPSA) is 52.5 Å². The van der Waals surface area contributed by atoms with Crippen LogP contribution in [0.5, 0.6) is 5.75 Å². The van der Waals surface area contributed by atoms with Gasteiger partial charge in [-0.3, -0.25) is 0 Å². The van der Waals surface area contributed by atoms with Crippen LogP contribution in [0.15, 0.2) is 24.3 Å². The highest BCUT2D eigenvalue weighted by Gasteiger charge is 2.76. The Morgan fingerprint density at radius 3 is 2.74 bits per heavy atom. The third-order valence-corrected chi connectivity index (χ3v) is 9.97. The monoisotopic (exact) mass is 416 g/mol. The minimum atomic E-state index is 0.101. The first kappa shape index (κ1) is 18.4. The highest BCUT2D eigenvalue weighted by atomic mass is 16.3. The first-order valence-electron chi connectivity index (χ1n) is 12.1. The number of likely N-dealkylation sites (N-methyl/N-ethyl adjacent to an activating group) is 1. The lowest BCUT2D eigenvalue weighted by atomic mass is 9.43. The molecule has 2 aliphatic heterocycles. The number of likely N-dealkylation sites (tertiary alicyclic amines) is 1. The summed E-state index contributed by atoms with van der Waals surface area (Å²) in [6, 6.07) is 9.44. The van der Waals surface area contributed by atoms with Crippen LogP contribution in [-0.4, -0.2) is 52.2 Å². The van der Waals surface area contributed by atoms with Gasteiger partial charge in [0.2, 0.25) is 5.95 Å². The number of nitrogens with zero attached hydrogens (tertiary/aromatic N) is 4. The highest BCUT2D eigenvalue weighted by Crippen LogP contribution is 2.76. The fourth-order valence-electron chi connectivity index (χ4n) is 9.36. The van der Waals surface area contributed by atoms with E-state index in [0.717, 1.165) is 36.8 Å². The molecule has 5 nitrogen and oxygen atoms in total. The lowest BCUT2D eigenvalue weighted by Gasteiger charge is -2.66. The average molecular weight is 417 g/mol. The Morgan fingerprint density at radius 1 is 1.13 bits per heavy atom. The van der Waals surface area contributed by atoms with Crippen LogP contribution in [0.4, 0.5) is 5.95 Å². The van der Waals surface area contributed by atoms with E-state index in [1.165, 1.54) is 36.8 Å². The Hall–Kier alpha value is -2.14. The maximum absolute atomic E-state index is 11.2. The number of fused-ring (bicyclic) bond motifs is 1. The summed E-state index contributed by atoms with van der Waals surface area (Å²) in [7, 11) is 2.34. The summed E-state index contributed by atoms with van der Waals surface area (Å²) < 4.78 is 0. The van der Waals surface area contributed by atoms with Crippen LogP contribution in [-0.2, 0) is 11.8 Å². The molecule has 0 amide bonds. The quantitative estimate of drug-likeness (QED) is 0.770. The van der Waals surface area contributed by atoms with Crippen molar-refractivity contribution < 1.29 is 5.11 Å². The van der Waals surface area contributed by atoms with Gasteiger partial charge in [-0.1, -0.05) is 12.1 Å². The molecule has 3 heterocycles. The number of phenols is 1. The molecule has 6 atom stereocenters. The van der Waals surface area contributed by atoms with Crippen molar-refractivity contribution in [1.82, 2.24) is 14.9 Å². The molecule has 1 aromatic heterocycles. The van der Waals surface area contributed by atoms with E-state index in [-0.39, 0.29) is 5.41 Å². The van der Waals surface area contributed by atoms with E-state index in [1.807, 2.05) is 12.1 Å². The van der Waals surface area contributed by atoms with Crippen LogP contribution in [0, 0.1) is 31.1 Å². The van der Waals surface area contributed by atoms with Gasteiger partial charge < -0.3 is 14.9 Å². The Labute approximate surface area is 184 Å². The largest absolute Gasteiger partial charge is 0.508 e. The number of aromatic nitrogens is 2. The predicted octanol–water partition coefficient (Wildman–Crippen LogP) is 3.60. The van der Waals surface area contributed by atoms with Gasteiger partial charge in [-0.2, -0.15) is 0 Å². The van der Waals surface area contributed by atoms with Gasteiger partial charge in [0.25, 0.3) is 0 Å². The Bertz CT molecular complexity index is 1080. The summed E-state index contributed by atoms with van der Waals surface area (Å²) in [5, 5.41) is 11.2. The summed E-state index contributed by atoms with van der Waals surface area (Å²) in [6.07, 6.45) is 6.04. The Balaban J connectivity index is 1.43. The fourth-order valence-corrected chi connectivity index (χ4v) is 9.36. The lowest BCUT2D eigenvalue weighted by molar-refractivity contribution is -0.0825. The van der Waals surface area contributed by atoms with Crippen LogP contribution in [0.3, 0.4) is 0 Å². The molecule has 1 aromatic carbocycles. The second kappa shape index (κ2) is 5.80. The second-order valence-electron chi connectivity index (χ2n) is 11.1. The zero-order valence-electron chi connectivity index (χ0n) is 18.8. The highest BCUT2D eigenvalue weighted by molar-refractivity contribution is 5.56. The summed E-state index contributed by atoms with van der Waals surface area (Å²) in [5.41, 5.74) is 5.25. The number of piperidine rings is 1. The van der Waals surface area contributed by atoms with Gasteiger partial charge in [-0.05, 0) is 94.5 Å². The van der Waals surface area contributed by atoms with Crippen molar-refractivity contribution in [1.29, 1.82) is 0 Å². The molecule has 2 aromatic rings. The molecule has 5 unspecified atom stereocenters. The van der Waals surface area contributed by atoms with Crippen LogP contribution in [0.2, 0.25) is 0 Å². The zero-order valence-corrected chi connectivity index (χ0v) is 18.8. The third kappa shape index (κ3) is 2.03. The first-order chi connectivity index (χ1) is 14.9. The van der Waals surface area contributed by atoms with E-state index in [1.54, 1.807) is 0 Å². The molecule has 4 fully saturated rings. The maximum atomic E-state index is 11.2. The van der Waals surface area contributed by atoms with Gasteiger partial charge in [0.15, 0.2) is 0 Å². The number of aromatic hydroxyl groups is 1. The summed E-state index contributed by atoms with van der Waals surface area (Å²) in [5.74, 6) is 2.73. The predicted molar refractivity (Wildman–Crippen MR) is 120 cm³/mol. The van der Waals surface area contributed by atoms with Crippen molar-refractivity contribution in [2.24, 2.45) is 17.3 Å². The van der Waals surface area contributed by atoms with Crippen molar-refractivity contribution in [3.8, 4) is 5.75 Å². The Kier molecular flexibility index (Phi) is 3.45. The van der Waals surface area contributed by atoms with Crippen LogP contribution in [0.1, 0.15) is 48.2 Å².